The molecule has 0 aromatic rings. The van der Waals surface area contributed by atoms with Crippen molar-refractivity contribution in [3.63, 3.8) is 0 Å². The number of allylic oxidation sites excluding steroid dienone is 7. The summed E-state index contributed by atoms with van der Waals surface area (Å²) < 4.78 is 0. The van der Waals surface area contributed by atoms with Gasteiger partial charge in [0.2, 0.25) is 0 Å². The Kier molecular flexibility index (Phi) is 3.92. The summed E-state index contributed by atoms with van der Waals surface area (Å²) in [6.07, 6.45) is 21.5. The van der Waals surface area contributed by atoms with Crippen molar-refractivity contribution in [2.45, 2.75) is 24.8 Å². The van der Waals surface area contributed by atoms with Crippen molar-refractivity contribution in [3.8, 4) is 0 Å². The summed E-state index contributed by atoms with van der Waals surface area (Å²) in [4.78, 5) is 17.3. The van der Waals surface area contributed by atoms with Crippen molar-refractivity contribution in [2.75, 3.05) is 0 Å². The number of aliphatic imine (C=N–C) groups is 1. The summed E-state index contributed by atoms with van der Waals surface area (Å²) in [7, 11) is 0. The molecule has 3 aliphatic rings. The Labute approximate surface area is 130 Å². The molecule has 0 saturated carbocycles. The summed E-state index contributed by atoms with van der Waals surface area (Å²) in [5, 5.41) is 2.93. The number of nitrogens with two attached hydrogens (primary N) is 1. The average Bonchev–Trinajstić information content (AvgIpc) is 2.69. The van der Waals surface area contributed by atoms with Gasteiger partial charge in [0.05, 0.1) is 0 Å². The maximum atomic E-state index is 12.5. The summed E-state index contributed by atoms with van der Waals surface area (Å²) in [6, 6.07) is 0. The van der Waals surface area contributed by atoms with Gasteiger partial charge >= 0.3 is 0 Å². The van der Waals surface area contributed by atoms with Crippen LogP contribution in [0.4, 0.5) is 0 Å². The van der Waals surface area contributed by atoms with Gasteiger partial charge < -0.3 is 11.1 Å². The molecular formula is C18H19N3O. The van der Waals surface area contributed by atoms with Crippen molar-refractivity contribution < 1.29 is 4.79 Å². The second-order valence-corrected chi connectivity index (χ2v) is 5.54. The minimum atomic E-state index is -0.772. The molecule has 0 saturated heterocycles. The third kappa shape index (κ3) is 2.86. The van der Waals surface area contributed by atoms with Crippen molar-refractivity contribution in [1.29, 1.82) is 0 Å². The lowest BCUT2D eigenvalue weighted by molar-refractivity contribution is -0.123. The van der Waals surface area contributed by atoms with Crippen LogP contribution in [0.5, 0.6) is 0 Å². The van der Waals surface area contributed by atoms with Gasteiger partial charge in [-0.25, -0.2) is 0 Å². The number of carbonyl (C=O) groups is 1. The molecule has 1 aliphatic heterocycles. The smallest absolute Gasteiger partial charge is 0.254 e. The predicted octanol–water partition coefficient (Wildman–Crippen LogP) is 2.44. The number of hydrogen-bond donors (Lipinski definition) is 2. The van der Waals surface area contributed by atoms with Gasteiger partial charge in [0.1, 0.15) is 11.4 Å². The molecule has 1 atom stereocenters. The largest absolute Gasteiger partial charge is 0.399 e. The zero-order valence-electron chi connectivity index (χ0n) is 12.3. The summed E-state index contributed by atoms with van der Waals surface area (Å²) in [5.74, 6) is 0.592. The molecule has 0 radical (unpaired) electrons. The highest BCUT2D eigenvalue weighted by molar-refractivity contribution is 6.16. The topological polar surface area (TPSA) is 67.5 Å². The van der Waals surface area contributed by atoms with Crippen LogP contribution in [0.1, 0.15) is 19.3 Å². The monoisotopic (exact) mass is 293 g/mol. The normalized spacial score (nSPS) is 32.7. The molecule has 0 fully saturated rings. The number of hydrogen-bond acceptors (Lipinski definition) is 3. The van der Waals surface area contributed by atoms with Crippen LogP contribution in [-0.4, -0.2) is 17.3 Å². The van der Waals surface area contributed by atoms with Gasteiger partial charge in [-0.05, 0) is 18.6 Å². The molecule has 1 unspecified atom stereocenters. The van der Waals surface area contributed by atoms with E-state index in [0.717, 1.165) is 12.0 Å². The molecule has 0 bridgehead atoms. The molecular weight excluding hydrogens is 274 g/mol. The first-order valence-corrected chi connectivity index (χ1v) is 7.43. The molecule has 3 rings (SSSR count). The van der Waals surface area contributed by atoms with Gasteiger partial charge in [0.25, 0.3) is 5.91 Å². The SMILES string of the molecule is NC1=C/C=C/CC2(C\C=C\1)N=C(C1=CC=CCC=C1)NC2=O. The lowest BCUT2D eigenvalue weighted by Crippen LogP contribution is -2.39. The number of amides is 1. The highest BCUT2D eigenvalue weighted by Crippen LogP contribution is 2.29. The lowest BCUT2D eigenvalue weighted by Gasteiger charge is -2.19. The Morgan fingerprint density at radius 3 is 2.77 bits per heavy atom. The van der Waals surface area contributed by atoms with Gasteiger partial charge in [-0.1, -0.05) is 48.6 Å². The Morgan fingerprint density at radius 2 is 1.86 bits per heavy atom. The highest BCUT2D eigenvalue weighted by Gasteiger charge is 2.42. The van der Waals surface area contributed by atoms with Crippen LogP contribution in [0.3, 0.4) is 0 Å². The molecule has 4 nitrogen and oxygen atoms in total. The number of carbonyl (C=O) groups excluding carboxylic acids is 1. The predicted molar refractivity (Wildman–Crippen MR) is 89.1 cm³/mol. The van der Waals surface area contributed by atoms with E-state index in [1.165, 1.54) is 0 Å². The molecule has 1 spiro atoms. The van der Waals surface area contributed by atoms with E-state index in [1.54, 1.807) is 0 Å². The first kappa shape index (κ1) is 14.3. The van der Waals surface area contributed by atoms with Crippen LogP contribution in [-0.2, 0) is 4.79 Å². The number of nitrogens with one attached hydrogen (secondary N) is 1. The van der Waals surface area contributed by atoms with Gasteiger partial charge in [0.15, 0.2) is 0 Å². The number of rotatable bonds is 1. The van der Waals surface area contributed by atoms with Crippen LogP contribution in [0.25, 0.3) is 0 Å². The number of amidine groups is 1. The molecule has 3 N–H and O–H groups in total. The molecule has 4 heteroatoms. The minimum absolute atomic E-state index is 0.0557. The standard InChI is InChI=1S/C18H19N3O/c19-15-10-5-6-12-18(13-7-11-15)17(22)20-16(21-18)14-8-3-1-2-4-9-14/h1,3-11H,2,12-13,19H2,(H,20,21,22)/b6-5+,11-7+,15-10+. The second-order valence-electron chi connectivity index (χ2n) is 5.54. The van der Waals surface area contributed by atoms with E-state index in [2.05, 4.69) is 17.5 Å². The Balaban J connectivity index is 1.93. The quantitative estimate of drug-likeness (QED) is 0.779. The van der Waals surface area contributed by atoms with Crippen molar-refractivity contribution in [3.05, 3.63) is 72.0 Å². The molecule has 112 valence electrons. The molecule has 1 heterocycles. The van der Waals surface area contributed by atoms with E-state index in [9.17, 15) is 4.79 Å². The zero-order chi connectivity index (χ0) is 15.4. The Morgan fingerprint density at radius 1 is 1.05 bits per heavy atom. The van der Waals surface area contributed by atoms with Crippen LogP contribution < -0.4 is 11.1 Å². The van der Waals surface area contributed by atoms with Gasteiger partial charge in [-0.3, -0.25) is 9.79 Å². The van der Waals surface area contributed by atoms with Crippen LogP contribution in [0, 0.1) is 0 Å². The van der Waals surface area contributed by atoms with Crippen molar-refractivity contribution in [2.24, 2.45) is 10.7 Å². The maximum Gasteiger partial charge on any atom is 0.254 e. The van der Waals surface area contributed by atoms with Crippen molar-refractivity contribution in [1.82, 2.24) is 5.32 Å². The van der Waals surface area contributed by atoms with E-state index in [0.29, 0.717) is 24.4 Å². The van der Waals surface area contributed by atoms with Gasteiger partial charge in [0, 0.05) is 24.1 Å². The first-order chi connectivity index (χ1) is 10.7. The zero-order valence-corrected chi connectivity index (χ0v) is 12.3. The van der Waals surface area contributed by atoms with Crippen LogP contribution in [0.2, 0.25) is 0 Å². The van der Waals surface area contributed by atoms with E-state index in [4.69, 9.17) is 10.7 Å². The molecule has 0 aromatic carbocycles. The molecule has 1 amide bonds. The summed E-state index contributed by atoms with van der Waals surface area (Å²) in [6.45, 7) is 0. The van der Waals surface area contributed by atoms with Gasteiger partial charge in [-0.15, -0.1) is 0 Å². The van der Waals surface area contributed by atoms with E-state index in [-0.39, 0.29) is 5.91 Å². The molecule has 22 heavy (non-hydrogen) atoms. The Bertz CT molecular complexity index is 689. The average molecular weight is 293 g/mol. The highest BCUT2D eigenvalue weighted by atomic mass is 16.2. The third-order valence-electron chi connectivity index (χ3n) is 3.88. The number of nitrogens with zero attached hydrogens (tertiary/aromatic N) is 1. The van der Waals surface area contributed by atoms with Gasteiger partial charge in [-0.2, -0.15) is 0 Å². The molecule has 2 aliphatic carbocycles. The first-order valence-electron chi connectivity index (χ1n) is 7.43. The Hall–Kier alpha value is -2.62. The fraction of sp³-hybridized carbons (Fsp3) is 0.222. The van der Waals surface area contributed by atoms with Crippen LogP contribution in [0.15, 0.2) is 77.0 Å². The van der Waals surface area contributed by atoms with Crippen molar-refractivity contribution >= 4 is 11.7 Å². The van der Waals surface area contributed by atoms with E-state index in [1.807, 2.05) is 48.6 Å². The van der Waals surface area contributed by atoms with Crippen LogP contribution >= 0.6 is 0 Å². The summed E-state index contributed by atoms with van der Waals surface area (Å²) in [5.41, 5.74) is 6.66. The summed E-state index contributed by atoms with van der Waals surface area (Å²) >= 11 is 0. The lowest BCUT2D eigenvalue weighted by atomic mass is 9.91. The minimum Gasteiger partial charge on any atom is -0.399 e. The fourth-order valence-corrected chi connectivity index (χ4v) is 2.64. The van der Waals surface area contributed by atoms with E-state index < -0.39 is 5.54 Å². The maximum absolute atomic E-state index is 12.5. The second kappa shape index (κ2) is 6.02. The molecule has 0 aromatic heterocycles. The van der Waals surface area contributed by atoms with E-state index >= 15 is 0 Å². The third-order valence-corrected chi connectivity index (χ3v) is 3.88. The fourth-order valence-electron chi connectivity index (χ4n) is 2.64.